The summed E-state index contributed by atoms with van der Waals surface area (Å²) >= 11 is 2.84. The Labute approximate surface area is 132 Å². The van der Waals surface area contributed by atoms with Crippen LogP contribution in [0.3, 0.4) is 0 Å². The Hall–Kier alpha value is -0.800. The number of sulfonamides is 1. The molecular formula is C13H17N3O2S3. The van der Waals surface area contributed by atoms with Gasteiger partial charge in [-0.3, -0.25) is 0 Å². The molecule has 1 aliphatic heterocycles. The predicted octanol–water partition coefficient (Wildman–Crippen LogP) is 2.12. The lowest BCUT2D eigenvalue weighted by Crippen LogP contribution is -2.46. The van der Waals surface area contributed by atoms with E-state index in [-0.39, 0.29) is 0 Å². The molecule has 0 saturated carbocycles. The Bertz CT molecular complexity index is 727. The lowest BCUT2D eigenvalue weighted by Gasteiger charge is -2.31. The molecule has 0 bridgehead atoms. The molecule has 3 heterocycles. The third-order valence-corrected chi connectivity index (χ3v) is 7.93. The number of nitrogens with zero attached hydrogens (tertiary/aromatic N) is 3. The van der Waals surface area contributed by atoms with Gasteiger partial charge in [0.1, 0.15) is 4.21 Å². The van der Waals surface area contributed by atoms with Crippen LogP contribution < -0.4 is 0 Å². The molecule has 0 N–H and O–H groups in total. The minimum atomic E-state index is -3.36. The van der Waals surface area contributed by atoms with E-state index in [1.807, 2.05) is 19.4 Å². The van der Waals surface area contributed by atoms with Crippen LogP contribution in [0.5, 0.6) is 0 Å². The summed E-state index contributed by atoms with van der Waals surface area (Å²) in [5.41, 5.74) is 3.69. The second kappa shape index (κ2) is 5.77. The van der Waals surface area contributed by atoms with Gasteiger partial charge < -0.3 is 4.90 Å². The van der Waals surface area contributed by atoms with Crippen molar-refractivity contribution in [1.29, 1.82) is 0 Å². The summed E-state index contributed by atoms with van der Waals surface area (Å²) in [7, 11) is -1.35. The van der Waals surface area contributed by atoms with Crippen molar-refractivity contribution < 1.29 is 8.42 Å². The van der Waals surface area contributed by atoms with Crippen LogP contribution in [0, 0.1) is 6.92 Å². The topological polar surface area (TPSA) is 53.5 Å². The van der Waals surface area contributed by atoms with Gasteiger partial charge in [-0.2, -0.15) is 4.31 Å². The van der Waals surface area contributed by atoms with E-state index in [4.69, 9.17) is 0 Å². The van der Waals surface area contributed by atoms with Gasteiger partial charge in [-0.25, -0.2) is 13.4 Å². The maximum Gasteiger partial charge on any atom is 0.252 e. The molecule has 0 atom stereocenters. The van der Waals surface area contributed by atoms with Gasteiger partial charge in [0.2, 0.25) is 0 Å². The van der Waals surface area contributed by atoms with Crippen LogP contribution in [0.2, 0.25) is 0 Å². The SMILES string of the molecule is Cc1ncsc1-c1csc(S(=O)(=O)N2CCN(C)CC2)c1. The minimum absolute atomic E-state index is 0.426. The molecule has 5 nitrogen and oxygen atoms in total. The summed E-state index contributed by atoms with van der Waals surface area (Å²) in [6.07, 6.45) is 0. The van der Waals surface area contributed by atoms with Gasteiger partial charge in [0.25, 0.3) is 10.0 Å². The highest BCUT2D eigenvalue weighted by Crippen LogP contribution is 2.34. The average molecular weight is 343 g/mol. The number of likely N-dealkylation sites (N-methyl/N-ethyl adjacent to an activating group) is 1. The first kappa shape index (κ1) is 15.1. The molecule has 3 rings (SSSR count). The van der Waals surface area contributed by atoms with Crippen LogP contribution in [0.15, 0.2) is 21.2 Å². The van der Waals surface area contributed by atoms with E-state index in [1.165, 1.54) is 11.3 Å². The maximum absolute atomic E-state index is 12.7. The number of piperazine rings is 1. The quantitative estimate of drug-likeness (QED) is 0.857. The van der Waals surface area contributed by atoms with Crippen molar-refractivity contribution in [2.24, 2.45) is 0 Å². The number of aromatic nitrogens is 1. The molecule has 1 fully saturated rings. The lowest BCUT2D eigenvalue weighted by molar-refractivity contribution is 0.222. The van der Waals surface area contributed by atoms with E-state index in [2.05, 4.69) is 9.88 Å². The fraction of sp³-hybridized carbons (Fsp3) is 0.462. The number of hydrogen-bond donors (Lipinski definition) is 0. The first-order valence-electron chi connectivity index (χ1n) is 6.66. The molecule has 0 unspecified atom stereocenters. The van der Waals surface area contributed by atoms with Gasteiger partial charge in [-0.1, -0.05) is 0 Å². The van der Waals surface area contributed by atoms with Crippen LogP contribution in [-0.2, 0) is 10.0 Å². The van der Waals surface area contributed by atoms with E-state index in [0.717, 1.165) is 29.2 Å². The zero-order valence-corrected chi connectivity index (χ0v) is 14.4. The fourth-order valence-electron chi connectivity index (χ4n) is 2.31. The van der Waals surface area contributed by atoms with E-state index in [9.17, 15) is 8.42 Å². The van der Waals surface area contributed by atoms with Crippen molar-refractivity contribution in [1.82, 2.24) is 14.2 Å². The van der Waals surface area contributed by atoms with Crippen LogP contribution in [0.25, 0.3) is 10.4 Å². The van der Waals surface area contributed by atoms with Crippen molar-refractivity contribution in [2.75, 3.05) is 33.2 Å². The number of hydrogen-bond acceptors (Lipinski definition) is 6. The van der Waals surface area contributed by atoms with E-state index in [0.29, 0.717) is 17.3 Å². The normalized spacial score (nSPS) is 18.2. The minimum Gasteiger partial charge on any atom is -0.304 e. The molecular weight excluding hydrogens is 326 g/mol. The molecule has 0 radical (unpaired) electrons. The molecule has 0 amide bonds. The first-order chi connectivity index (χ1) is 9.98. The van der Waals surface area contributed by atoms with Crippen molar-refractivity contribution in [2.45, 2.75) is 11.1 Å². The summed E-state index contributed by atoms with van der Waals surface area (Å²) in [4.78, 5) is 7.41. The number of aryl methyl sites for hydroxylation is 1. The lowest BCUT2D eigenvalue weighted by atomic mass is 10.2. The van der Waals surface area contributed by atoms with Crippen molar-refractivity contribution in [3.05, 3.63) is 22.7 Å². The van der Waals surface area contributed by atoms with E-state index < -0.39 is 10.0 Å². The Morgan fingerprint density at radius 3 is 2.52 bits per heavy atom. The number of thiophene rings is 1. The van der Waals surface area contributed by atoms with Gasteiger partial charge >= 0.3 is 0 Å². The fourth-order valence-corrected chi connectivity index (χ4v) is 5.92. The van der Waals surface area contributed by atoms with Gasteiger partial charge in [0.15, 0.2) is 0 Å². The van der Waals surface area contributed by atoms with Crippen LogP contribution in [0.4, 0.5) is 0 Å². The van der Waals surface area contributed by atoms with Crippen molar-refractivity contribution in [3.8, 4) is 10.4 Å². The smallest absolute Gasteiger partial charge is 0.252 e. The highest BCUT2D eigenvalue weighted by Gasteiger charge is 2.29. The average Bonchev–Trinajstić information content (AvgIpc) is 3.07. The molecule has 0 aliphatic carbocycles. The molecule has 1 saturated heterocycles. The highest BCUT2D eigenvalue weighted by atomic mass is 32.2. The zero-order chi connectivity index (χ0) is 15.0. The van der Waals surface area contributed by atoms with E-state index in [1.54, 1.807) is 27.2 Å². The number of thiazole rings is 1. The molecule has 0 aromatic carbocycles. The van der Waals surface area contributed by atoms with Gasteiger partial charge in [-0.15, -0.1) is 22.7 Å². The molecule has 2 aromatic rings. The monoisotopic (exact) mass is 343 g/mol. The van der Waals surface area contributed by atoms with Crippen molar-refractivity contribution >= 4 is 32.7 Å². The highest BCUT2D eigenvalue weighted by molar-refractivity contribution is 7.91. The summed E-state index contributed by atoms with van der Waals surface area (Å²) in [5, 5.41) is 1.91. The predicted molar refractivity (Wildman–Crippen MR) is 86.4 cm³/mol. The molecule has 8 heteroatoms. The number of rotatable bonds is 3. The van der Waals surface area contributed by atoms with Gasteiger partial charge in [0, 0.05) is 37.1 Å². The third-order valence-electron chi connectivity index (χ3n) is 3.64. The summed E-state index contributed by atoms with van der Waals surface area (Å²) in [6, 6.07) is 1.78. The van der Waals surface area contributed by atoms with Crippen LogP contribution in [-0.4, -0.2) is 55.8 Å². The molecule has 1 aliphatic rings. The Balaban J connectivity index is 1.87. The largest absolute Gasteiger partial charge is 0.304 e. The molecule has 0 spiro atoms. The van der Waals surface area contributed by atoms with Crippen LogP contribution in [0.1, 0.15) is 5.69 Å². The van der Waals surface area contributed by atoms with E-state index >= 15 is 0 Å². The second-order valence-corrected chi connectivity index (χ2v) is 9.06. The van der Waals surface area contributed by atoms with Crippen LogP contribution >= 0.6 is 22.7 Å². The van der Waals surface area contributed by atoms with Crippen molar-refractivity contribution in [3.63, 3.8) is 0 Å². The Kier molecular flexibility index (Phi) is 4.15. The van der Waals surface area contributed by atoms with Gasteiger partial charge in [0.05, 0.1) is 16.1 Å². The third kappa shape index (κ3) is 2.91. The van der Waals surface area contributed by atoms with Gasteiger partial charge in [-0.05, 0) is 20.0 Å². The summed E-state index contributed by atoms with van der Waals surface area (Å²) in [5.74, 6) is 0. The molecule has 2 aromatic heterocycles. The summed E-state index contributed by atoms with van der Waals surface area (Å²) in [6.45, 7) is 4.63. The molecule has 21 heavy (non-hydrogen) atoms. The Morgan fingerprint density at radius 1 is 1.19 bits per heavy atom. The standard InChI is InChI=1S/C13H17N3O2S3/c1-10-13(20-9-14-10)11-7-12(19-8-11)21(17,18)16-5-3-15(2)4-6-16/h7-9H,3-6H2,1-2H3. The Morgan fingerprint density at radius 2 is 1.90 bits per heavy atom. The second-order valence-electron chi connectivity index (χ2n) is 5.13. The zero-order valence-electron chi connectivity index (χ0n) is 11.9. The molecule has 114 valence electrons. The maximum atomic E-state index is 12.7. The first-order valence-corrected chi connectivity index (χ1v) is 9.86. The summed E-state index contributed by atoms with van der Waals surface area (Å²) < 4.78 is 27.3.